The molecule has 1 N–H and O–H groups in total. The quantitative estimate of drug-likeness (QED) is 0.750. The van der Waals surface area contributed by atoms with Gasteiger partial charge in [-0.15, -0.1) is 0 Å². The smallest absolute Gasteiger partial charge is 0.244 e. The van der Waals surface area contributed by atoms with E-state index in [-0.39, 0.29) is 25.2 Å². The molecule has 1 amide bonds. The van der Waals surface area contributed by atoms with Gasteiger partial charge in [-0.3, -0.25) is 4.79 Å². The maximum atomic E-state index is 11.9. The zero-order chi connectivity index (χ0) is 12.8. The number of carbonyl (C=O) groups excluding carboxylic acids is 1. The highest BCUT2D eigenvalue weighted by Crippen LogP contribution is 2.13. The lowest BCUT2D eigenvalue weighted by Gasteiger charge is -2.31. The average molecular weight is 254 g/mol. The van der Waals surface area contributed by atoms with E-state index in [1.807, 2.05) is 4.90 Å². The van der Waals surface area contributed by atoms with Gasteiger partial charge in [0.1, 0.15) is 19.2 Å². The highest BCUT2D eigenvalue weighted by atomic mass is 16.5. The lowest BCUT2D eigenvalue weighted by Crippen LogP contribution is -2.42. The van der Waals surface area contributed by atoms with Crippen LogP contribution in [0.3, 0.4) is 0 Å². The Hall–Kier alpha value is -1.47. The summed E-state index contributed by atoms with van der Waals surface area (Å²) in [5.74, 6) is 0.0566. The van der Waals surface area contributed by atoms with Crippen LogP contribution in [0.25, 0.3) is 0 Å². The number of carbonyl (C=O) groups is 1. The zero-order valence-electron chi connectivity index (χ0n) is 10.2. The molecule has 1 aromatic rings. The van der Waals surface area contributed by atoms with Crippen LogP contribution in [0.4, 0.5) is 0 Å². The highest BCUT2D eigenvalue weighted by Gasteiger charge is 2.23. The van der Waals surface area contributed by atoms with Gasteiger partial charge in [0, 0.05) is 13.1 Å². The summed E-state index contributed by atoms with van der Waals surface area (Å²) < 4.78 is 6.98. The number of rotatable bonds is 5. The summed E-state index contributed by atoms with van der Waals surface area (Å²) in [6, 6.07) is 0. The second-order valence-corrected chi connectivity index (χ2v) is 4.27. The number of piperidine rings is 1. The minimum atomic E-state index is 0.0471. The molecule has 0 saturated carbocycles. The molecule has 0 unspecified atom stereocenters. The van der Waals surface area contributed by atoms with Gasteiger partial charge >= 0.3 is 0 Å². The predicted molar refractivity (Wildman–Crippen MR) is 62.7 cm³/mol. The molecule has 18 heavy (non-hydrogen) atoms. The first-order valence-corrected chi connectivity index (χ1v) is 6.12. The Morgan fingerprint density at radius 1 is 1.44 bits per heavy atom. The summed E-state index contributed by atoms with van der Waals surface area (Å²) >= 11 is 0. The minimum absolute atomic E-state index is 0.0471. The van der Waals surface area contributed by atoms with Crippen molar-refractivity contribution in [3.05, 3.63) is 12.7 Å². The molecular weight excluding hydrogens is 236 g/mol. The van der Waals surface area contributed by atoms with E-state index in [0.29, 0.717) is 19.7 Å². The molecule has 0 bridgehead atoms. The van der Waals surface area contributed by atoms with Crippen molar-refractivity contribution in [2.45, 2.75) is 25.5 Å². The number of hydrogen-bond acceptors (Lipinski definition) is 5. The van der Waals surface area contributed by atoms with Crippen LogP contribution in [0.1, 0.15) is 12.8 Å². The van der Waals surface area contributed by atoms with Crippen LogP contribution in [-0.2, 0) is 16.1 Å². The number of aromatic nitrogens is 3. The van der Waals surface area contributed by atoms with Gasteiger partial charge in [-0.1, -0.05) is 0 Å². The van der Waals surface area contributed by atoms with Crippen molar-refractivity contribution in [2.75, 3.05) is 26.3 Å². The molecule has 1 saturated heterocycles. The third kappa shape index (κ3) is 3.51. The maximum absolute atomic E-state index is 11.9. The summed E-state index contributed by atoms with van der Waals surface area (Å²) in [5.41, 5.74) is 0. The standard InChI is InChI=1S/C11H18N4O3/c16-5-6-18-10-1-3-14(4-2-10)11(17)7-15-9-12-8-13-15/h8-10,16H,1-7H2. The second kappa shape index (κ2) is 6.46. The molecule has 2 heterocycles. The summed E-state index contributed by atoms with van der Waals surface area (Å²) in [5, 5.41) is 12.6. The van der Waals surface area contributed by atoms with Crippen LogP contribution in [0.15, 0.2) is 12.7 Å². The third-order valence-corrected chi connectivity index (χ3v) is 3.00. The summed E-state index contributed by atoms with van der Waals surface area (Å²) in [6.45, 7) is 2.05. The molecule has 1 aliphatic heterocycles. The first-order valence-electron chi connectivity index (χ1n) is 6.12. The van der Waals surface area contributed by atoms with Crippen LogP contribution in [0.2, 0.25) is 0 Å². The Morgan fingerprint density at radius 3 is 2.83 bits per heavy atom. The van der Waals surface area contributed by atoms with E-state index in [1.165, 1.54) is 17.3 Å². The van der Waals surface area contributed by atoms with Crippen molar-refractivity contribution in [1.82, 2.24) is 19.7 Å². The van der Waals surface area contributed by atoms with Gasteiger partial charge in [0.25, 0.3) is 0 Å². The van der Waals surface area contributed by atoms with Crippen LogP contribution in [-0.4, -0.2) is 63.1 Å². The molecule has 0 aromatic carbocycles. The predicted octanol–water partition coefficient (Wildman–Crippen LogP) is -0.722. The van der Waals surface area contributed by atoms with E-state index in [4.69, 9.17) is 9.84 Å². The van der Waals surface area contributed by atoms with Gasteiger partial charge < -0.3 is 14.7 Å². The first kappa shape index (κ1) is 13.0. The Labute approximate surface area is 105 Å². The van der Waals surface area contributed by atoms with Crippen LogP contribution < -0.4 is 0 Å². The van der Waals surface area contributed by atoms with Gasteiger partial charge in [-0.05, 0) is 12.8 Å². The molecule has 0 radical (unpaired) electrons. The molecule has 7 nitrogen and oxygen atoms in total. The van der Waals surface area contributed by atoms with E-state index < -0.39 is 0 Å². The second-order valence-electron chi connectivity index (χ2n) is 4.27. The molecule has 100 valence electrons. The van der Waals surface area contributed by atoms with Crippen molar-refractivity contribution < 1.29 is 14.6 Å². The third-order valence-electron chi connectivity index (χ3n) is 3.00. The maximum Gasteiger partial charge on any atom is 0.244 e. The van der Waals surface area contributed by atoms with Gasteiger partial charge in [0.15, 0.2) is 0 Å². The molecule has 2 rings (SSSR count). The SMILES string of the molecule is O=C(Cn1cncn1)N1CCC(OCCO)CC1. The topological polar surface area (TPSA) is 80.5 Å². The molecule has 7 heteroatoms. The fourth-order valence-electron chi connectivity index (χ4n) is 2.04. The Bertz CT molecular complexity index is 360. The summed E-state index contributed by atoms with van der Waals surface area (Å²) in [7, 11) is 0. The first-order chi connectivity index (χ1) is 8.79. The number of hydrogen-bond donors (Lipinski definition) is 1. The minimum Gasteiger partial charge on any atom is -0.394 e. The van der Waals surface area contributed by atoms with Crippen LogP contribution >= 0.6 is 0 Å². The molecule has 0 spiro atoms. The van der Waals surface area contributed by atoms with Crippen molar-refractivity contribution in [3.8, 4) is 0 Å². The number of likely N-dealkylation sites (tertiary alicyclic amines) is 1. The molecule has 1 aromatic heterocycles. The molecular formula is C11H18N4O3. The summed E-state index contributed by atoms with van der Waals surface area (Å²) in [6.07, 6.45) is 4.76. The number of nitrogens with zero attached hydrogens (tertiary/aromatic N) is 4. The van der Waals surface area contributed by atoms with Crippen molar-refractivity contribution in [1.29, 1.82) is 0 Å². The monoisotopic (exact) mass is 254 g/mol. The lowest BCUT2D eigenvalue weighted by molar-refractivity contribution is -0.134. The Balaban J connectivity index is 1.73. The largest absolute Gasteiger partial charge is 0.394 e. The van der Waals surface area contributed by atoms with Gasteiger partial charge in [0.2, 0.25) is 5.91 Å². The highest BCUT2D eigenvalue weighted by molar-refractivity contribution is 5.75. The zero-order valence-corrected chi connectivity index (χ0v) is 10.2. The number of ether oxygens (including phenoxy) is 1. The molecule has 1 aliphatic rings. The van der Waals surface area contributed by atoms with E-state index in [1.54, 1.807) is 0 Å². The number of aliphatic hydroxyl groups excluding tert-OH is 1. The van der Waals surface area contributed by atoms with Crippen molar-refractivity contribution >= 4 is 5.91 Å². The van der Waals surface area contributed by atoms with Crippen LogP contribution in [0.5, 0.6) is 0 Å². The molecule has 0 aliphatic carbocycles. The van der Waals surface area contributed by atoms with Gasteiger partial charge in [0.05, 0.1) is 19.3 Å². The normalized spacial score (nSPS) is 17.1. The fourth-order valence-corrected chi connectivity index (χ4v) is 2.04. The van der Waals surface area contributed by atoms with Crippen LogP contribution in [0, 0.1) is 0 Å². The summed E-state index contributed by atoms with van der Waals surface area (Å²) in [4.78, 5) is 17.6. The average Bonchev–Trinajstić information content (AvgIpc) is 2.89. The van der Waals surface area contributed by atoms with Crippen molar-refractivity contribution in [3.63, 3.8) is 0 Å². The van der Waals surface area contributed by atoms with E-state index in [0.717, 1.165) is 12.8 Å². The van der Waals surface area contributed by atoms with E-state index in [2.05, 4.69) is 10.1 Å². The molecule has 1 fully saturated rings. The van der Waals surface area contributed by atoms with E-state index in [9.17, 15) is 4.79 Å². The Morgan fingerprint density at radius 2 is 2.22 bits per heavy atom. The van der Waals surface area contributed by atoms with Gasteiger partial charge in [-0.25, -0.2) is 9.67 Å². The molecule has 0 atom stereocenters. The number of aliphatic hydroxyl groups is 1. The van der Waals surface area contributed by atoms with Crippen molar-refractivity contribution in [2.24, 2.45) is 0 Å². The number of amides is 1. The van der Waals surface area contributed by atoms with Gasteiger partial charge in [-0.2, -0.15) is 5.10 Å². The lowest BCUT2D eigenvalue weighted by atomic mass is 10.1. The van der Waals surface area contributed by atoms with E-state index >= 15 is 0 Å². The Kier molecular flexibility index (Phi) is 4.66. The fraction of sp³-hybridized carbons (Fsp3) is 0.727.